The first-order valence-corrected chi connectivity index (χ1v) is 7.61. The summed E-state index contributed by atoms with van der Waals surface area (Å²) in [6.45, 7) is 2.61. The number of carbonyl (C=O) groups excluding carboxylic acids is 1. The minimum Gasteiger partial charge on any atom is -0.351 e. The highest BCUT2D eigenvalue weighted by Gasteiger charge is 2.09. The highest BCUT2D eigenvalue weighted by atomic mass is 32.2. The number of benzene rings is 1. The Labute approximate surface area is 128 Å². The molecular formula is C16H18N2O2S. The summed E-state index contributed by atoms with van der Waals surface area (Å²) < 4.78 is 1.44. The molecule has 1 aromatic heterocycles. The molecule has 0 aliphatic carbocycles. The first-order valence-electron chi connectivity index (χ1n) is 6.73. The molecule has 0 fully saturated rings. The molecule has 1 atom stereocenters. The van der Waals surface area contributed by atoms with Crippen molar-refractivity contribution in [1.29, 1.82) is 0 Å². The largest absolute Gasteiger partial charge is 0.351 e. The molecule has 21 heavy (non-hydrogen) atoms. The van der Waals surface area contributed by atoms with Crippen LogP contribution in [0.2, 0.25) is 0 Å². The first-order chi connectivity index (χ1) is 10.1. The molecule has 0 aliphatic heterocycles. The van der Waals surface area contributed by atoms with Crippen LogP contribution >= 0.6 is 11.8 Å². The molecule has 2 rings (SSSR count). The Hall–Kier alpha value is -2.01. The van der Waals surface area contributed by atoms with Crippen molar-refractivity contribution < 1.29 is 4.79 Å². The van der Waals surface area contributed by atoms with Gasteiger partial charge in [-0.25, -0.2) is 0 Å². The number of hydrogen-bond acceptors (Lipinski definition) is 3. The van der Waals surface area contributed by atoms with Crippen LogP contribution in [0.1, 0.15) is 17.3 Å². The van der Waals surface area contributed by atoms with Crippen LogP contribution in [0.15, 0.2) is 58.4 Å². The van der Waals surface area contributed by atoms with E-state index in [1.165, 1.54) is 15.5 Å². The van der Waals surface area contributed by atoms with Crippen LogP contribution in [0.25, 0.3) is 0 Å². The topological polar surface area (TPSA) is 51.1 Å². The molecule has 0 spiro atoms. The Bertz CT molecular complexity index is 667. The smallest absolute Gasteiger partial charge is 0.251 e. The maximum atomic E-state index is 12.0. The Morgan fingerprint density at radius 1 is 1.29 bits per heavy atom. The summed E-state index contributed by atoms with van der Waals surface area (Å²) in [4.78, 5) is 24.7. The van der Waals surface area contributed by atoms with Gasteiger partial charge in [0.05, 0.1) is 0 Å². The van der Waals surface area contributed by atoms with E-state index in [1.54, 1.807) is 31.1 Å². The Kier molecular flexibility index (Phi) is 5.22. The molecule has 5 heteroatoms. The van der Waals surface area contributed by atoms with Crippen molar-refractivity contribution in [2.45, 2.75) is 17.1 Å². The zero-order valence-electron chi connectivity index (χ0n) is 12.1. The molecule has 1 unspecified atom stereocenters. The SMILES string of the molecule is CC(CNC(=O)c1ccn(C)c(=O)c1)Sc1ccccc1. The number of hydrogen-bond donors (Lipinski definition) is 1. The molecule has 0 aliphatic rings. The third-order valence-electron chi connectivity index (χ3n) is 3.00. The van der Waals surface area contributed by atoms with Gasteiger partial charge in [-0.15, -0.1) is 11.8 Å². The van der Waals surface area contributed by atoms with Crippen molar-refractivity contribution in [2.75, 3.05) is 6.54 Å². The van der Waals surface area contributed by atoms with Gasteiger partial charge in [0.15, 0.2) is 0 Å². The monoisotopic (exact) mass is 302 g/mol. The summed E-state index contributed by atoms with van der Waals surface area (Å²) in [5.41, 5.74) is 0.212. The summed E-state index contributed by atoms with van der Waals surface area (Å²) in [5.74, 6) is -0.215. The van der Waals surface area contributed by atoms with Gasteiger partial charge in [-0.3, -0.25) is 9.59 Å². The van der Waals surface area contributed by atoms with Crippen LogP contribution in [0.3, 0.4) is 0 Å². The van der Waals surface area contributed by atoms with Gasteiger partial charge in [0.1, 0.15) is 0 Å². The van der Waals surface area contributed by atoms with E-state index in [4.69, 9.17) is 0 Å². The molecule has 110 valence electrons. The summed E-state index contributed by atoms with van der Waals surface area (Å²) in [6.07, 6.45) is 1.60. The highest BCUT2D eigenvalue weighted by molar-refractivity contribution is 8.00. The molecule has 1 N–H and O–H groups in total. The average Bonchev–Trinajstić information content (AvgIpc) is 2.48. The van der Waals surface area contributed by atoms with Crippen molar-refractivity contribution in [3.8, 4) is 0 Å². The fourth-order valence-electron chi connectivity index (χ4n) is 1.80. The van der Waals surface area contributed by atoms with Gasteiger partial charge in [0.2, 0.25) is 0 Å². The minimum atomic E-state index is -0.215. The zero-order valence-corrected chi connectivity index (χ0v) is 12.9. The molecule has 0 bridgehead atoms. The number of pyridine rings is 1. The van der Waals surface area contributed by atoms with Gasteiger partial charge in [0.25, 0.3) is 11.5 Å². The van der Waals surface area contributed by atoms with Crippen LogP contribution in [-0.2, 0) is 7.05 Å². The molecular weight excluding hydrogens is 284 g/mol. The Balaban J connectivity index is 1.88. The van der Waals surface area contributed by atoms with Gasteiger partial charge in [0, 0.05) is 41.6 Å². The van der Waals surface area contributed by atoms with Gasteiger partial charge < -0.3 is 9.88 Å². The number of amides is 1. The summed E-state index contributed by atoms with van der Waals surface area (Å²) in [7, 11) is 1.66. The summed E-state index contributed by atoms with van der Waals surface area (Å²) in [5, 5.41) is 3.11. The number of aryl methyl sites for hydroxylation is 1. The van der Waals surface area contributed by atoms with E-state index in [1.807, 2.05) is 30.3 Å². The average molecular weight is 302 g/mol. The van der Waals surface area contributed by atoms with Crippen LogP contribution < -0.4 is 10.9 Å². The van der Waals surface area contributed by atoms with Crippen LogP contribution in [0.4, 0.5) is 0 Å². The van der Waals surface area contributed by atoms with E-state index >= 15 is 0 Å². The lowest BCUT2D eigenvalue weighted by Crippen LogP contribution is -2.30. The lowest BCUT2D eigenvalue weighted by molar-refractivity contribution is 0.0954. The quantitative estimate of drug-likeness (QED) is 0.862. The molecule has 0 saturated carbocycles. The van der Waals surface area contributed by atoms with Gasteiger partial charge in [-0.2, -0.15) is 0 Å². The summed E-state index contributed by atoms with van der Waals surface area (Å²) >= 11 is 1.71. The van der Waals surface area contributed by atoms with Crippen LogP contribution in [0.5, 0.6) is 0 Å². The number of aromatic nitrogens is 1. The van der Waals surface area contributed by atoms with Gasteiger partial charge in [-0.05, 0) is 18.2 Å². The molecule has 4 nitrogen and oxygen atoms in total. The van der Waals surface area contributed by atoms with E-state index in [0.29, 0.717) is 12.1 Å². The van der Waals surface area contributed by atoms with E-state index in [2.05, 4.69) is 12.2 Å². The third kappa shape index (κ3) is 4.49. The number of nitrogens with zero attached hydrogens (tertiary/aromatic N) is 1. The van der Waals surface area contributed by atoms with Crippen molar-refractivity contribution >= 4 is 17.7 Å². The van der Waals surface area contributed by atoms with Gasteiger partial charge in [-0.1, -0.05) is 25.1 Å². The molecule has 0 radical (unpaired) electrons. The zero-order chi connectivity index (χ0) is 15.2. The number of nitrogens with one attached hydrogen (secondary N) is 1. The predicted octanol–water partition coefficient (Wildman–Crippen LogP) is 2.30. The molecule has 1 heterocycles. The van der Waals surface area contributed by atoms with Crippen molar-refractivity contribution in [3.05, 3.63) is 64.6 Å². The minimum absolute atomic E-state index is 0.186. The normalized spacial score (nSPS) is 11.9. The van der Waals surface area contributed by atoms with E-state index in [0.717, 1.165) is 0 Å². The molecule has 0 saturated heterocycles. The van der Waals surface area contributed by atoms with Crippen LogP contribution in [0, 0.1) is 0 Å². The van der Waals surface area contributed by atoms with E-state index in [-0.39, 0.29) is 16.7 Å². The Morgan fingerprint density at radius 2 is 2.00 bits per heavy atom. The number of rotatable bonds is 5. The lowest BCUT2D eigenvalue weighted by atomic mass is 10.2. The Morgan fingerprint density at radius 3 is 2.67 bits per heavy atom. The second kappa shape index (κ2) is 7.13. The standard InChI is InChI=1S/C16H18N2O2S/c1-12(21-14-6-4-3-5-7-14)11-17-16(20)13-8-9-18(2)15(19)10-13/h3-10,12H,11H2,1-2H3,(H,17,20). The third-order valence-corrected chi connectivity index (χ3v) is 4.11. The van der Waals surface area contributed by atoms with Crippen LogP contribution in [-0.4, -0.2) is 22.3 Å². The van der Waals surface area contributed by atoms with E-state index < -0.39 is 0 Å². The van der Waals surface area contributed by atoms with Crippen molar-refractivity contribution in [2.24, 2.45) is 7.05 Å². The second-order valence-corrected chi connectivity index (χ2v) is 6.33. The molecule has 1 aromatic carbocycles. The van der Waals surface area contributed by atoms with Crippen molar-refractivity contribution in [1.82, 2.24) is 9.88 Å². The van der Waals surface area contributed by atoms with Crippen molar-refractivity contribution in [3.63, 3.8) is 0 Å². The molecule has 2 aromatic rings. The fraction of sp³-hybridized carbons (Fsp3) is 0.250. The highest BCUT2D eigenvalue weighted by Crippen LogP contribution is 2.21. The van der Waals surface area contributed by atoms with E-state index in [9.17, 15) is 9.59 Å². The van der Waals surface area contributed by atoms with Gasteiger partial charge >= 0.3 is 0 Å². The fourth-order valence-corrected chi connectivity index (χ4v) is 2.75. The number of thioether (sulfide) groups is 1. The maximum absolute atomic E-state index is 12.0. The predicted molar refractivity (Wildman–Crippen MR) is 85.8 cm³/mol. The number of carbonyl (C=O) groups is 1. The lowest BCUT2D eigenvalue weighted by Gasteiger charge is -2.12. The second-order valence-electron chi connectivity index (χ2n) is 4.82. The first kappa shape index (κ1) is 15.4. The summed E-state index contributed by atoms with van der Waals surface area (Å²) in [6, 6.07) is 13.1. The maximum Gasteiger partial charge on any atom is 0.251 e. The molecule has 1 amide bonds.